The Morgan fingerprint density at radius 2 is 2.19 bits per heavy atom. The number of fused-ring (bicyclic) bond motifs is 1. The Hall–Kier alpha value is -1.24. The maximum atomic E-state index is 5.22. The second kappa shape index (κ2) is 8.26. The van der Waals surface area contributed by atoms with Crippen molar-refractivity contribution in [2.24, 2.45) is 0 Å². The predicted octanol–water partition coefficient (Wildman–Crippen LogP) is 2.20. The Bertz CT molecular complexity index is 556. The van der Waals surface area contributed by atoms with Crippen LogP contribution in [0.2, 0.25) is 0 Å². The molecule has 21 heavy (non-hydrogen) atoms. The fourth-order valence-electron chi connectivity index (χ4n) is 2.03. The molecule has 0 bridgehead atoms. The molecule has 1 heterocycles. The van der Waals surface area contributed by atoms with E-state index < -0.39 is 0 Å². The van der Waals surface area contributed by atoms with Crippen molar-refractivity contribution < 1.29 is 4.74 Å². The van der Waals surface area contributed by atoms with Gasteiger partial charge in [-0.3, -0.25) is 0 Å². The van der Waals surface area contributed by atoms with E-state index in [4.69, 9.17) is 4.74 Å². The van der Waals surface area contributed by atoms with Gasteiger partial charge in [0.05, 0.1) is 18.1 Å². The van der Waals surface area contributed by atoms with Gasteiger partial charge in [-0.1, -0.05) is 11.8 Å². The van der Waals surface area contributed by atoms with Gasteiger partial charge in [0, 0.05) is 18.4 Å². The molecule has 0 atom stereocenters. The number of rotatable bonds is 9. The Kier molecular flexibility index (Phi) is 6.35. The van der Waals surface area contributed by atoms with Gasteiger partial charge in [0.15, 0.2) is 5.16 Å². The molecule has 0 aliphatic heterocycles. The summed E-state index contributed by atoms with van der Waals surface area (Å²) in [6.45, 7) is 3.19. The van der Waals surface area contributed by atoms with Gasteiger partial charge >= 0.3 is 0 Å². The first-order chi connectivity index (χ1) is 10.2. The summed E-state index contributed by atoms with van der Waals surface area (Å²) in [4.78, 5) is 10.1. The Morgan fingerprint density at radius 3 is 2.95 bits per heavy atom. The van der Waals surface area contributed by atoms with Crippen molar-refractivity contribution >= 4 is 22.8 Å². The lowest BCUT2D eigenvalue weighted by molar-refractivity contribution is 0.396. The fourth-order valence-corrected chi connectivity index (χ4v) is 2.81. The fraction of sp³-hybridized carbons (Fsp3) is 0.533. The third-order valence-electron chi connectivity index (χ3n) is 3.14. The number of hydrogen-bond donors (Lipinski definition) is 2. The van der Waals surface area contributed by atoms with E-state index in [1.54, 1.807) is 18.9 Å². The van der Waals surface area contributed by atoms with Crippen molar-refractivity contribution in [3.63, 3.8) is 0 Å². The van der Waals surface area contributed by atoms with E-state index in [1.807, 2.05) is 18.2 Å². The van der Waals surface area contributed by atoms with Gasteiger partial charge in [0.25, 0.3) is 0 Å². The summed E-state index contributed by atoms with van der Waals surface area (Å²) in [6, 6.07) is 5.89. The number of nitrogens with zero attached hydrogens (tertiary/aromatic N) is 2. The Labute approximate surface area is 130 Å². The molecule has 0 saturated heterocycles. The molecule has 0 radical (unpaired) electrons. The lowest BCUT2D eigenvalue weighted by Crippen LogP contribution is -2.23. The highest BCUT2D eigenvalue weighted by Crippen LogP contribution is 2.22. The zero-order valence-electron chi connectivity index (χ0n) is 13.0. The summed E-state index contributed by atoms with van der Waals surface area (Å²) < 4.78 is 5.22. The number of imidazole rings is 1. The molecule has 6 heteroatoms. The predicted molar refractivity (Wildman–Crippen MR) is 89.4 cm³/mol. The van der Waals surface area contributed by atoms with Gasteiger partial charge in [0.1, 0.15) is 5.75 Å². The van der Waals surface area contributed by atoms with Crippen molar-refractivity contribution in [3.8, 4) is 5.75 Å². The van der Waals surface area contributed by atoms with Crippen LogP contribution in [0.4, 0.5) is 0 Å². The van der Waals surface area contributed by atoms with Crippen molar-refractivity contribution in [1.82, 2.24) is 20.2 Å². The smallest absolute Gasteiger partial charge is 0.166 e. The van der Waals surface area contributed by atoms with Crippen LogP contribution in [0.1, 0.15) is 6.42 Å². The molecule has 1 aromatic carbocycles. The van der Waals surface area contributed by atoms with Crippen LogP contribution in [0.3, 0.4) is 0 Å². The molecule has 0 unspecified atom stereocenters. The summed E-state index contributed by atoms with van der Waals surface area (Å²) >= 11 is 1.74. The summed E-state index contributed by atoms with van der Waals surface area (Å²) in [5.74, 6) is 1.86. The molecule has 2 rings (SSSR count). The topological polar surface area (TPSA) is 53.2 Å². The van der Waals surface area contributed by atoms with E-state index in [0.29, 0.717) is 0 Å². The van der Waals surface area contributed by atoms with E-state index in [2.05, 4.69) is 34.3 Å². The van der Waals surface area contributed by atoms with Crippen LogP contribution < -0.4 is 10.1 Å². The van der Waals surface area contributed by atoms with E-state index >= 15 is 0 Å². The van der Waals surface area contributed by atoms with Crippen LogP contribution in [0.25, 0.3) is 11.0 Å². The van der Waals surface area contributed by atoms with Gasteiger partial charge in [-0.25, -0.2) is 4.98 Å². The third-order valence-corrected chi connectivity index (χ3v) is 4.02. The number of methoxy groups -OCH3 is 1. The van der Waals surface area contributed by atoms with E-state index in [-0.39, 0.29) is 0 Å². The van der Waals surface area contributed by atoms with Gasteiger partial charge in [-0.2, -0.15) is 0 Å². The molecule has 0 fully saturated rings. The van der Waals surface area contributed by atoms with Crippen molar-refractivity contribution in [3.05, 3.63) is 18.2 Å². The monoisotopic (exact) mass is 308 g/mol. The van der Waals surface area contributed by atoms with E-state index in [9.17, 15) is 0 Å². The van der Waals surface area contributed by atoms with Gasteiger partial charge in [-0.05, 0) is 45.7 Å². The molecular weight excluding hydrogens is 284 g/mol. The SMILES string of the molecule is COc1ccc2nc(SCCNCCCN(C)C)[nH]c2c1. The van der Waals surface area contributed by atoms with E-state index in [1.165, 1.54) is 6.42 Å². The Balaban J connectivity index is 1.71. The van der Waals surface area contributed by atoms with Gasteiger partial charge < -0.3 is 19.9 Å². The lowest BCUT2D eigenvalue weighted by atomic mass is 10.3. The summed E-state index contributed by atoms with van der Waals surface area (Å²) in [7, 11) is 5.88. The minimum atomic E-state index is 0.852. The van der Waals surface area contributed by atoms with Crippen LogP contribution in [0.15, 0.2) is 23.4 Å². The molecule has 0 aliphatic rings. The van der Waals surface area contributed by atoms with Crippen LogP contribution in [-0.2, 0) is 0 Å². The maximum absolute atomic E-state index is 5.22. The second-order valence-corrected chi connectivity index (χ2v) is 6.26. The van der Waals surface area contributed by atoms with Crippen LogP contribution in [0, 0.1) is 0 Å². The standard InChI is InChI=1S/C15H24N4OS/c1-19(2)9-4-7-16-8-10-21-15-17-13-6-5-12(20-3)11-14(13)18-15/h5-6,11,16H,4,7-10H2,1-3H3,(H,17,18). The first-order valence-electron chi connectivity index (χ1n) is 7.21. The number of aromatic nitrogens is 2. The molecule has 5 nitrogen and oxygen atoms in total. The number of nitrogens with one attached hydrogen (secondary N) is 2. The lowest BCUT2D eigenvalue weighted by Gasteiger charge is -2.09. The molecule has 2 aromatic rings. The summed E-state index contributed by atoms with van der Waals surface area (Å²) in [6.07, 6.45) is 1.18. The average Bonchev–Trinajstić information content (AvgIpc) is 2.87. The highest BCUT2D eigenvalue weighted by Gasteiger charge is 2.04. The molecular formula is C15H24N4OS. The molecule has 116 valence electrons. The minimum absolute atomic E-state index is 0.852. The number of aromatic amines is 1. The first kappa shape index (κ1) is 16.1. The number of thioether (sulfide) groups is 1. The molecule has 0 saturated carbocycles. The maximum Gasteiger partial charge on any atom is 0.166 e. The highest BCUT2D eigenvalue weighted by molar-refractivity contribution is 7.99. The number of benzene rings is 1. The van der Waals surface area contributed by atoms with Crippen molar-refractivity contribution in [1.29, 1.82) is 0 Å². The third kappa shape index (κ3) is 5.22. The normalized spacial score (nSPS) is 11.4. The molecule has 0 amide bonds. The summed E-state index contributed by atoms with van der Waals surface area (Å²) in [5, 5.41) is 4.42. The second-order valence-electron chi connectivity index (χ2n) is 5.18. The number of H-pyrrole nitrogens is 1. The average molecular weight is 308 g/mol. The van der Waals surface area contributed by atoms with E-state index in [0.717, 1.165) is 47.3 Å². The van der Waals surface area contributed by atoms with Gasteiger partial charge in [-0.15, -0.1) is 0 Å². The largest absolute Gasteiger partial charge is 0.497 e. The molecule has 2 N–H and O–H groups in total. The minimum Gasteiger partial charge on any atom is -0.497 e. The zero-order chi connectivity index (χ0) is 15.1. The molecule has 1 aromatic heterocycles. The number of hydrogen-bond acceptors (Lipinski definition) is 5. The summed E-state index contributed by atoms with van der Waals surface area (Å²) in [5.41, 5.74) is 2.01. The van der Waals surface area contributed by atoms with Crippen LogP contribution >= 0.6 is 11.8 Å². The molecule has 0 aliphatic carbocycles. The Morgan fingerprint density at radius 1 is 1.33 bits per heavy atom. The van der Waals surface area contributed by atoms with Crippen molar-refractivity contribution in [2.75, 3.05) is 46.6 Å². The quantitative estimate of drug-likeness (QED) is 0.549. The van der Waals surface area contributed by atoms with Crippen molar-refractivity contribution in [2.45, 2.75) is 11.6 Å². The highest BCUT2D eigenvalue weighted by atomic mass is 32.2. The zero-order valence-corrected chi connectivity index (χ0v) is 13.8. The first-order valence-corrected chi connectivity index (χ1v) is 8.19. The molecule has 0 spiro atoms. The van der Waals surface area contributed by atoms with Gasteiger partial charge in [0.2, 0.25) is 0 Å². The number of ether oxygens (including phenoxy) is 1. The van der Waals surface area contributed by atoms with Crippen LogP contribution in [-0.4, -0.2) is 61.5 Å². The van der Waals surface area contributed by atoms with Crippen LogP contribution in [0.5, 0.6) is 5.75 Å².